The Hall–Kier alpha value is -0.160. The minimum atomic E-state index is 0.350. The Morgan fingerprint density at radius 2 is 2.31 bits per heavy atom. The molecule has 1 unspecified atom stereocenters. The highest BCUT2D eigenvalue weighted by atomic mass is 79.9. The van der Waals surface area contributed by atoms with E-state index in [9.17, 15) is 0 Å². The minimum Gasteiger partial charge on any atom is -0.306 e. The molecular formula is C12H14BrNS2. The van der Waals surface area contributed by atoms with Gasteiger partial charge in [-0.15, -0.1) is 22.7 Å². The zero-order valence-electron chi connectivity index (χ0n) is 9.07. The third-order valence-electron chi connectivity index (χ3n) is 2.35. The predicted molar refractivity (Wildman–Crippen MR) is 76.5 cm³/mol. The van der Waals surface area contributed by atoms with Gasteiger partial charge in [-0.2, -0.15) is 0 Å². The van der Waals surface area contributed by atoms with Crippen molar-refractivity contribution in [3.8, 4) is 0 Å². The van der Waals surface area contributed by atoms with Gasteiger partial charge in [-0.05, 0) is 57.4 Å². The normalized spacial score (nSPS) is 12.9. The fraction of sp³-hybridized carbons (Fsp3) is 0.333. The topological polar surface area (TPSA) is 12.0 Å². The van der Waals surface area contributed by atoms with Crippen LogP contribution in [0.4, 0.5) is 0 Å². The van der Waals surface area contributed by atoms with Crippen molar-refractivity contribution in [1.82, 2.24) is 5.32 Å². The van der Waals surface area contributed by atoms with Crippen molar-refractivity contribution in [1.29, 1.82) is 0 Å². The number of hydrogen-bond donors (Lipinski definition) is 1. The second kappa shape index (κ2) is 5.96. The molecule has 0 aliphatic heterocycles. The molecule has 1 N–H and O–H groups in total. The molecule has 0 aliphatic carbocycles. The molecule has 0 aromatic carbocycles. The smallest absolute Gasteiger partial charge is 0.0701 e. The molecule has 0 aliphatic rings. The first-order valence-corrected chi connectivity index (χ1v) is 7.87. The fourth-order valence-corrected chi connectivity index (χ4v) is 3.63. The van der Waals surface area contributed by atoms with E-state index in [0.717, 1.165) is 13.0 Å². The second-order valence-electron chi connectivity index (χ2n) is 3.59. The van der Waals surface area contributed by atoms with Gasteiger partial charge in [-0.3, -0.25) is 0 Å². The summed E-state index contributed by atoms with van der Waals surface area (Å²) >= 11 is 7.08. The van der Waals surface area contributed by atoms with E-state index < -0.39 is 0 Å². The van der Waals surface area contributed by atoms with E-state index in [0.29, 0.717) is 6.04 Å². The van der Waals surface area contributed by atoms with Gasteiger partial charge < -0.3 is 5.32 Å². The van der Waals surface area contributed by atoms with Crippen molar-refractivity contribution in [2.24, 2.45) is 0 Å². The summed E-state index contributed by atoms with van der Waals surface area (Å²) in [5.74, 6) is 0. The molecule has 0 fully saturated rings. The highest BCUT2D eigenvalue weighted by Gasteiger charge is 2.15. The Morgan fingerprint density at radius 3 is 2.88 bits per heavy atom. The molecule has 2 heterocycles. The van der Waals surface area contributed by atoms with E-state index in [4.69, 9.17) is 0 Å². The average Bonchev–Trinajstić information content (AvgIpc) is 2.91. The minimum absolute atomic E-state index is 0.350. The molecule has 0 amide bonds. The number of halogens is 1. The molecule has 0 radical (unpaired) electrons. The Labute approximate surface area is 113 Å². The summed E-state index contributed by atoms with van der Waals surface area (Å²) in [4.78, 5) is 1.39. The van der Waals surface area contributed by atoms with Crippen LogP contribution in [0.1, 0.15) is 29.8 Å². The Bertz CT molecular complexity index is 422. The van der Waals surface area contributed by atoms with Crippen molar-refractivity contribution in [2.45, 2.75) is 19.4 Å². The van der Waals surface area contributed by atoms with Gasteiger partial charge in [0, 0.05) is 4.88 Å². The van der Waals surface area contributed by atoms with Gasteiger partial charge in [0.05, 0.1) is 9.83 Å². The highest BCUT2D eigenvalue weighted by Crippen LogP contribution is 2.31. The second-order valence-corrected chi connectivity index (χ2v) is 6.86. The van der Waals surface area contributed by atoms with Crippen LogP contribution < -0.4 is 5.32 Å². The molecule has 4 heteroatoms. The summed E-state index contributed by atoms with van der Waals surface area (Å²) in [5, 5.41) is 7.95. The number of nitrogens with one attached hydrogen (secondary N) is 1. The molecule has 1 nitrogen and oxygen atoms in total. The molecule has 2 aromatic rings. The van der Waals surface area contributed by atoms with Crippen LogP contribution in [0.2, 0.25) is 0 Å². The molecule has 0 spiro atoms. The van der Waals surface area contributed by atoms with Crippen LogP contribution in [0.5, 0.6) is 0 Å². The average molecular weight is 316 g/mol. The van der Waals surface area contributed by atoms with Crippen molar-refractivity contribution < 1.29 is 0 Å². The monoisotopic (exact) mass is 315 g/mol. The molecule has 1 atom stereocenters. The van der Waals surface area contributed by atoms with E-state index in [1.54, 1.807) is 11.3 Å². The predicted octanol–water partition coefficient (Wildman–Crippen LogP) is 4.66. The maximum absolute atomic E-state index is 3.60. The Balaban J connectivity index is 2.21. The molecular weight excluding hydrogens is 302 g/mol. The summed E-state index contributed by atoms with van der Waals surface area (Å²) in [7, 11) is 0. The maximum Gasteiger partial charge on any atom is 0.0701 e. The molecule has 2 rings (SSSR count). The highest BCUT2D eigenvalue weighted by molar-refractivity contribution is 9.11. The maximum atomic E-state index is 3.60. The van der Waals surface area contributed by atoms with E-state index in [2.05, 4.69) is 57.1 Å². The lowest BCUT2D eigenvalue weighted by molar-refractivity contribution is 0.607. The van der Waals surface area contributed by atoms with Crippen LogP contribution in [0.25, 0.3) is 0 Å². The van der Waals surface area contributed by atoms with Gasteiger partial charge in [0.2, 0.25) is 0 Å². The van der Waals surface area contributed by atoms with Crippen LogP contribution in [-0.4, -0.2) is 6.54 Å². The summed E-state index contributed by atoms with van der Waals surface area (Å²) in [6.45, 7) is 3.25. The largest absolute Gasteiger partial charge is 0.306 e. The lowest BCUT2D eigenvalue weighted by Crippen LogP contribution is -2.21. The molecule has 0 saturated carbocycles. The number of thiophene rings is 2. The van der Waals surface area contributed by atoms with Gasteiger partial charge in [-0.1, -0.05) is 13.0 Å². The lowest BCUT2D eigenvalue weighted by Gasteiger charge is -2.15. The molecule has 16 heavy (non-hydrogen) atoms. The third-order valence-corrected chi connectivity index (χ3v) is 4.81. The molecule has 0 saturated heterocycles. The molecule has 2 aromatic heterocycles. The van der Waals surface area contributed by atoms with Crippen molar-refractivity contribution in [3.63, 3.8) is 0 Å². The first kappa shape index (κ1) is 12.3. The number of hydrogen-bond acceptors (Lipinski definition) is 3. The zero-order chi connectivity index (χ0) is 11.4. The Morgan fingerprint density at radius 1 is 1.44 bits per heavy atom. The standard InChI is InChI=1S/C12H14BrNS2/c1-2-5-14-12(10-4-3-6-15-10)9-7-11(13)16-8-9/h3-4,6-8,12,14H,2,5H2,1H3. The van der Waals surface area contributed by atoms with Gasteiger partial charge >= 0.3 is 0 Å². The quantitative estimate of drug-likeness (QED) is 0.846. The lowest BCUT2D eigenvalue weighted by atomic mass is 10.1. The summed E-state index contributed by atoms with van der Waals surface area (Å²) in [6.07, 6.45) is 1.16. The van der Waals surface area contributed by atoms with Gasteiger partial charge in [0.15, 0.2) is 0 Å². The Kier molecular flexibility index (Phi) is 4.58. The van der Waals surface area contributed by atoms with E-state index >= 15 is 0 Å². The van der Waals surface area contributed by atoms with Gasteiger partial charge in [0.25, 0.3) is 0 Å². The van der Waals surface area contributed by atoms with Crippen LogP contribution in [0.3, 0.4) is 0 Å². The van der Waals surface area contributed by atoms with E-state index in [1.807, 2.05) is 11.3 Å². The van der Waals surface area contributed by atoms with Crippen LogP contribution >= 0.6 is 38.6 Å². The van der Waals surface area contributed by atoms with Crippen LogP contribution in [0, 0.1) is 0 Å². The van der Waals surface area contributed by atoms with Crippen molar-refractivity contribution >= 4 is 38.6 Å². The van der Waals surface area contributed by atoms with Crippen LogP contribution in [-0.2, 0) is 0 Å². The fourth-order valence-electron chi connectivity index (χ4n) is 1.60. The van der Waals surface area contributed by atoms with E-state index in [-0.39, 0.29) is 0 Å². The van der Waals surface area contributed by atoms with Gasteiger partial charge in [0.1, 0.15) is 0 Å². The van der Waals surface area contributed by atoms with E-state index in [1.165, 1.54) is 14.2 Å². The van der Waals surface area contributed by atoms with Crippen molar-refractivity contribution in [2.75, 3.05) is 6.54 Å². The third kappa shape index (κ3) is 2.94. The SMILES string of the molecule is CCCNC(c1csc(Br)c1)c1cccs1. The van der Waals surface area contributed by atoms with Gasteiger partial charge in [-0.25, -0.2) is 0 Å². The van der Waals surface area contributed by atoms with Crippen molar-refractivity contribution in [3.05, 3.63) is 43.2 Å². The number of rotatable bonds is 5. The first-order chi connectivity index (χ1) is 7.81. The molecule has 86 valence electrons. The summed E-state index contributed by atoms with van der Waals surface area (Å²) in [6, 6.07) is 6.87. The first-order valence-electron chi connectivity index (χ1n) is 5.32. The zero-order valence-corrected chi connectivity index (χ0v) is 12.3. The summed E-state index contributed by atoms with van der Waals surface area (Å²) < 4.78 is 1.20. The van der Waals surface area contributed by atoms with Crippen LogP contribution in [0.15, 0.2) is 32.7 Å². The molecule has 0 bridgehead atoms. The summed E-state index contributed by atoms with van der Waals surface area (Å²) in [5.41, 5.74) is 1.35.